The van der Waals surface area contributed by atoms with Crippen LogP contribution in [0.15, 0.2) is 35.4 Å². The Kier molecular flexibility index (Phi) is 5.04. The molecule has 0 spiro atoms. The Labute approximate surface area is 133 Å². The van der Waals surface area contributed by atoms with Crippen molar-refractivity contribution in [2.24, 2.45) is 5.73 Å². The summed E-state index contributed by atoms with van der Waals surface area (Å²) in [6.45, 7) is 2.12. The number of hydrogen-bond acceptors (Lipinski definition) is 5. The first-order valence-electron chi connectivity index (χ1n) is 6.15. The number of hydrogen-bond donors (Lipinski definition) is 2. The second-order valence-electron chi connectivity index (χ2n) is 4.46. The van der Waals surface area contributed by atoms with E-state index < -0.39 is 10.0 Å². The lowest BCUT2D eigenvalue weighted by Gasteiger charge is -2.06. The summed E-state index contributed by atoms with van der Waals surface area (Å²) in [6, 6.07) is 6.52. The summed E-state index contributed by atoms with van der Waals surface area (Å²) in [5.41, 5.74) is 6.35. The highest BCUT2D eigenvalue weighted by molar-refractivity contribution is 7.89. The summed E-state index contributed by atoms with van der Waals surface area (Å²) in [4.78, 5) is 5.56. The zero-order valence-electron chi connectivity index (χ0n) is 11.4. The molecule has 1 aromatic carbocycles. The minimum Gasteiger partial charge on any atom is -0.393 e. The van der Waals surface area contributed by atoms with Gasteiger partial charge in [0.05, 0.1) is 14.9 Å². The van der Waals surface area contributed by atoms with Crippen LogP contribution in [-0.4, -0.2) is 18.4 Å². The Balaban J connectivity index is 2.06. The maximum atomic E-state index is 12.2. The lowest BCUT2D eigenvalue weighted by Crippen LogP contribution is -2.22. The minimum atomic E-state index is -3.53. The molecule has 0 amide bonds. The molecule has 112 valence electrons. The fraction of sp³-hybridized carbons (Fsp3) is 0.231. The molecular weight excluding hydrogens is 326 g/mol. The first-order valence-corrected chi connectivity index (χ1v) is 8.86. The third-order valence-electron chi connectivity index (χ3n) is 2.72. The molecule has 0 aliphatic carbocycles. The van der Waals surface area contributed by atoms with Crippen molar-refractivity contribution >= 4 is 38.6 Å². The van der Waals surface area contributed by atoms with Crippen LogP contribution in [0.3, 0.4) is 0 Å². The van der Waals surface area contributed by atoms with Gasteiger partial charge in [-0.05, 0) is 24.6 Å². The van der Waals surface area contributed by atoms with Gasteiger partial charge in [-0.2, -0.15) is 0 Å². The van der Waals surface area contributed by atoms with E-state index in [9.17, 15) is 8.42 Å². The Bertz CT molecular complexity index is 736. The SMILES string of the molecule is Cc1ncc(CNS(=O)(=O)c2ccc(CC(N)=S)cc2)s1. The molecule has 2 rings (SSSR count). The molecule has 0 atom stereocenters. The number of nitrogens with zero attached hydrogens (tertiary/aromatic N) is 1. The van der Waals surface area contributed by atoms with Crippen molar-refractivity contribution in [1.82, 2.24) is 9.71 Å². The number of nitrogens with two attached hydrogens (primary N) is 1. The molecule has 0 saturated carbocycles. The molecule has 0 aliphatic heterocycles. The Hall–Kier alpha value is -1.35. The zero-order valence-corrected chi connectivity index (χ0v) is 13.8. The zero-order chi connectivity index (χ0) is 15.5. The number of nitrogens with one attached hydrogen (secondary N) is 1. The van der Waals surface area contributed by atoms with Crippen molar-refractivity contribution in [3.63, 3.8) is 0 Å². The standard InChI is InChI=1S/C13H15N3O2S3/c1-9-15-7-11(20-9)8-16-21(17,18)12-4-2-10(3-5-12)6-13(14)19/h2-5,7,16H,6,8H2,1H3,(H2,14,19). The monoisotopic (exact) mass is 341 g/mol. The summed E-state index contributed by atoms with van der Waals surface area (Å²) < 4.78 is 26.9. The van der Waals surface area contributed by atoms with E-state index in [0.29, 0.717) is 11.4 Å². The van der Waals surface area contributed by atoms with Gasteiger partial charge in [-0.15, -0.1) is 11.3 Å². The number of thiocarbonyl (C=S) groups is 1. The van der Waals surface area contributed by atoms with Crippen LogP contribution >= 0.6 is 23.6 Å². The second-order valence-corrected chi connectivity index (χ2v) is 8.07. The molecule has 0 aliphatic rings. The van der Waals surface area contributed by atoms with E-state index >= 15 is 0 Å². The van der Waals surface area contributed by atoms with E-state index in [1.54, 1.807) is 30.5 Å². The molecule has 5 nitrogen and oxygen atoms in total. The minimum absolute atomic E-state index is 0.218. The van der Waals surface area contributed by atoms with Crippen LogP contribution in [0.25, 0.3) is 0 Å². The van der Waals surface area contributed by atoms with Gasteiger partial charge in [0.15, 0.2) is 0 Å². The molecule has 0 unspecified atom stereocenters. The fourth-order valence-corrected chi connectivity index (χ4v) is 3.72. The highest BCUT2D eigenvalue weighted by Crippen LogP contribution is 2.14. The predicted molar refractivity (Wildman–Crippen MR) is 87.8 cm³/mol. The quantitative estimate of drug-likeness (QED) is 0.782. The largest absolute Gasteiger partial charge is 0.393 e. The van der Waals surface area contributed by atoms with Gasteiger partial charge < -0.3 is 5.73 Å². The van der Waals surface area contributed by atoms with Crippen LogP contribution in [0.5, 0.6) is 0 Å². The highest BCUT2D eigenvalue weighted by atomic mass is 32.2. The number of rotatable bonds is 6. The van der Waals surface area contributed by atoms with Crippen molar-refractivity contribution in [3.8, 4) is 0 Å². The molecule has 1 aromatic heterocycles. The molecule has 2 aromatic rings. The summed E-state index contributed by atoms with van der Waals surface area (Å²) in [7, 11) is -3.53. The molecular formula is C13H15N3O2S3. The van der Waals surface area contributed by atoms with Gasteiger partial charge in [-0.3, -0.25) is 0 Å². The fourth-order valence-electron chi connectivity index (χ4n) is 1.72. The van der Waals surface area contributed by atoms with Gasteiger partial charge in [0.25, 0.3) is 0 Å². The Morgan fingerprint density at radius 1 is 1.38 bits per heavy atom. The van der Waals surface area contributed by atoms with Crippen LogP contribution in [0.4, 0.5) is 0 Å². The van der Waals surface area contributed by atoms with Crippen LogP contribution in [0.1, 0.15) is 15.4 Å². The van der Waals surface area contributed by atoms with Gasteiger partial charge in [0.1, 0.15) is 0 Å². The predicted octanol–water partition coefficient (Wildman–Crippen LogP) is 1.76. The highest BCUT2D eigenvalue weighted by Gasteiger charge is 2.14. The lowest BCUT2D eigenvalue weighted by atomic mass is 10.1. The maximum Gasteiger partial charge on any atom is 0.240 e. The van der Waals surface area contributed by atoms with Crippen LogP contribution < -0.4 is 10.5 Å². The molecule has 3 N–H and O–H groups in total. The molecule has 1 heterocycles. The van der Waals surface area contributed by atoms with Gasteiger partial charge in [-0.1, -0.05) is 24.4 Å². The molecule has 0 fully saturated rings. The van der Waals surface area contributed by atoms with E-state index in [2.05, 4.69) is 9.71 Å². The molecule has 0 saturated heterocycles. The van der Waals surface area contributed by atoms with E-state index in [4.69, 9.17) is 18.0 Å². The summed E-state index contributed by atoms with van der Waals surface area (Å²) in [6.07, 6.45) is 2.14. The second kappa shape index (κ2) is 6.61. The average Bonchev–Trinajstić information content (AvgIpc) is 2.82. The van der Waals surface area contributed by atoms with E-state index in [-0.39, 0.29) is 11.4 Å². The lowest BCUT2D eigenvalue weighted by molar-refractivity contribution is 0.582. The van der Waals surface area contributed by atoms with Crippen molar-refractivity contribution in [3.05, 3.63) is 45.9 Å². The third kappa shape index (κ3) is 4.57. The molecule has 21 heavy (non-hydrogen) atoms. The van der Waals surface area contributed by atoms with Gasteiger partial charge >= 0.3 is 0 Å². The van der Waals surface area contributed by atoms with Crippen molar-refractivity contribution in [2.75, 3.05) is 0 Å². The summed E-state index contributed by atoms with van der Waals surface area (Å²) >= 11 is 6.29. The molecule has 0 radical (unpaired) electrons. The summed E-state index contributed by atoms with van der Waals surface area (Å²) in [5.74, 6) is 0. The number of thiazole rings is 1. The van der Waals surface area contributed by atoms with E-state index in [0.717, 1.165) is 15.4 Å². The first kappa shape index (κ1) is 16.0. The topological polar surface area (TPSA) is 85.1 Å². The number of aryl methyl sites for hydroxylation is 1. The van der Waals surface area contributed by atoms with Crippen molar-refractivity contribution < 1.29 is 8.42 Å². The molecule has 0 bridgehead atoms. The van der Waals surface area contributed by atoms with Crippen molar-refractivity contribution in [2.45, 2.75) is 24.8 Å². The Morgan fingerprint density at radius 3 is 2.57 bits per heavy atom. The van der Waals surface area contributed by atoms with Gasteiger partial charge in [0, 0.05) is 24.0 Å². The first-order chi connectivity index (χ1) is 9.87. The van der Waals surface area contributed by atoms with Gasteiger partial charge in [0.2, 0.25) is 10.0 Å². The molecule has 8 heteroatoms. The normalized spacial score (nSPS) is 11.5. The number of benzene rings is 1. The smallest absolute Gasteiger partial charge is 0.240 e. The number of aromatic nitrogens is 1. The van der Waals surface area contributed by atoms with Crippen LogP contribution in [0, 0.1) is 6.92 Å². The van der Waals surface area contributed by atoms with E-state index in [1.165, 1.54) is 11.3 Å². The van der Waals surface area contributed by atoms with Crippen molar-refractivity contribution in [1.29, 1.82) is 0 Å². The van der Waals surface area contributed by atoms with Crippen LogP contribution in [0.2, 0.25) is 0 Å². The van der Waals surface area contributed by atoms with Crippen LogP contribution in [-0.2, 0) is 23.0 Å². The Morgan fingerprint density at radius 2 is 2.05 bits per heavy atom. The summed E-state index contributed by atoms with van der Waals surface area (Å²) in [5, 5.41) is 0.909. The third-order valence-corrected chi connectivity index (χ3v) is 5.19. The van der Waals surface area contributed by atoms with E-state index in [1.807, 2.05) is 6.92 Å². The maximum absolute atomic E-state index is 12.2. The average molecular weight is 341 g/mol. The number of sulfonamides is 1. The van der Waals surface area contributed by atoms with Gasteiger partial charge in [-0.25, -0.2) is 18.1 Å².